The summed E-state index contributed by atoms with van der Waals surface area (Å²) in [5.41, 5.74) is 0.708. The maximum atomic E-state index is 12.5. The van der Waals surface area contributed by atoms with Crippen LogP contribution in [0.2, 0.25) is 0 Å². The van der Waals surface area contributed by atoms with Crippen molar-refractivity contribution in [3.8, 4) is 0 Å². The molecule has 2 aromatic heterocycles. The van der Waals surface area contributed by atoms with Crippen molar-refractivity contribution >= 4 is 39.2 Å². The number of fused-ring (bicyclic) bond motifs is 1. The lowest BCUT2D eigenvalue weighted by molar-refractivity contribution is -0.119. The number of rotatable bonds is 5. The van der Waals surface area contributed by atoms with Crippen LogP contribution in [0.3, 0.4) is 0 Å². The molecule has 0 aromatic carbocycles. The molecule has 0 unspecified atom stereocenters. The zero-order valence-corrected chi connectivity index (χ0v) is 15.7. The van der Waals surface area contributed by atoms with Crippen molar-refractivity contribution in [2.24, 2.45) is 5.92 Å². The van der Waals surface area contributed by atoms with Gasteiger partial charge in [-0.2, -0.15) is 0 Å². The summed E-state index contributed by atoms with van der Waals surface area (Å²) < 4.78 is 2.33. The third-order valence-corrected chi connectivity index (χ3v) is 6.51. The van der Waals surface area contributed by atoms with Gasteiger partial charge in [0.25, 0.3) is 5.56 Å². The summed E-state index contributed by atoms with van der Waals surface area (Å²) in [7, 11) is 0. The number of thiophene rings is 1. The molecule has 130 valence electrons. The molecule has 2 atom stereocenters. The van der Waals surface area contributed by atoms with Gasteiger partial charge in [-0.05, 0) is 37.1 Å². The first-order valence-electron chi connectivity index (χ1n) is 8.50. The van der Waals surface area contributed by atoms with Crippen LogP contribution < -0.4 is 10.9 Å². The first-order chi connectivity index (χ1) is 11.6. The Labute approximate surface area is 149 Å². The normalized spacial score (nSPS) is 21.1. The van der Waals surface area contributed by atoms with Crippen molar-refractivity contribution < 1.29 is 4.79 Å². The van der Waals surface area contributed by atoms with E-state index in [1.165, 1.54) is 42.4 Å². The Hall–Kier alpha value is -1.34. The SMILES string of the molecule is CCn1c(SCC(=O)N[C@H]2CCCC[C@H]2C)nc2ccsc2c1=O. The van der Waals surface area contributed by atoms with E-state index >= 15 is 0 Å². The van der Waals surface area contributed by atoms with Crippen LogP contribution in [-0.4, -0.2) is 27.3 Å². The van der Waals surface area contributed by atoms with E-state index in [2.05, 4.69) is 17.2 Å². The highest BCUT2D eigenvalue weighted by molar-refractivity contribution is 7.99. The Bertz CT molecular complexity index is 784. The van der Waals surface area contributed by atoms with Gasteiger partial charge in [0.2, 0.25) is 5.91 Å². The van der Waals surface area contributed by atoms with Crippen LogP contribution in [0.5, 0.6) is 0 Å². The molecule has 24 heavy (non-hydrogen) atoms. The van der Waals surface area contributed by atoms with E-state index < -0.39 is 0 Å². The fraction of sp³-hybridized carbons (Fsp3) is 0.588. The molecule has 1 aliphatic carbocycles. The summed E-state index contributed by atoms with van der Waals surface area (Å²) in [5.74, 6) is 0.869. The van der Waals surface area contributed by atoms with Gasteiger partial charge < -0.3 is 5.32 Å². The van der Waals surface area contributed by atoms with E-state index in [9.17, 15) is 9.59 Å². The van der Waals surface area contributed by atoms with Crippen molar-refractivity contribution in [3.63, 3.8) is 0 Å². The molecule has 0 bridgehead atoms. The first kappa shape index (κ1) is 17.5. The Morgan fingerprint density at radius 3 is 3.00 bits per heavy atom. The average Bonchev–Trinajstić information content (AvgIpc) is 3.04. The van der Waals surface area contributed by atoms with Crippen LogP contribution in [0, 0.1) is 5.92 Å². The number of carbonyl (C=O) groups is 1. The first-order valence-corrected chi connectivity index (χ1v) is 10.4. The van der Waals surface area contributed by atoms with E-state index in [1.807, 2.05) is 18.4 Å². The molecule has 3 rings (SSSR count). The van der Waals surface area contributed by atoms with Crippen molar-refractivity contribution in [3.05, 3.63) is 21.8 Å². The van der Waals surface area contributed by atoms with Gasteiger partial charge in [-0.1, -0.05) is 31.5 Å². The van der Waals surface area contributed by atoms with Crippen molar-refractivity contribution in [2.45, 2.75) is 57.3 Å². The zero-order chi connectivity index (χ0) is 17.1. The minimum absolute atomic E-state index is 0.0127. The zero-order valence-electron chi connectivity index (χ0n) is 14.1. The fourth-order valence-corrected chi connectivity index (χ4v) is 4.87. The highest BCUT2D eigenvalue weighted by atomic mass is 32.2. The minimum atomic E-state index is -0.0127. The van der Waals surface area contributed by atoms with Crippen molar-refractivity contribution in [1.82, 2.24) is 14.9 Å². The molecule has 0 saturated heterocycles. The highest BCUT2D eigenvalue weighted by Gasteiger charge is 2.23. The van der Waals surface area contributed by atoms with Gasteiger partial charge in [-0.3, -0.25) is 14.2 Å². The average molecular weight is 366 g/mol. The minimum Gasteiger partial charge on any atom is -0.352 e. The van der Waals surface area contributed by atoms with E-state index in [-0.39, 0.29) is 17.5 Å². The number of amides is 1. The largest absolute Gasteiger partial charge is 0.352 e. The second-order valence-corrected chi connectivity index (χ2v) is 8.16. The maximum absolute atomic E-state index is 12.5. The number of hydrogen-bond acceptors (Lipinski definition) is 5. The number of hydrogen-bond donors (Lipinski definition) is 1. The third-order valence-electron chi connectivity index (χ3n) is 4.64. The van der Waals surface area contributed by atoms with E-state index in [0.29, 0.717) is 28.1 Å². The van der Waals surface area contributed by atoms with Crippen LogP contribution in [0.15, 0.2) is 21.4 Å². The molecule has 0 aliphatic heterocycles. The number of nitrogens with one attached hydrogen (secondary N) is 1. The molecule has 1 fully saturated rings. The van der Waals surface area contributed by atoms with Gasteiger partial charge in [0.05, 0.1) is 11.3 Å². The highest BCUT2D eigenvalue weighted by Crippen LogP contribution is 2.24. The Morgan fingerprint density at radius 2 is 2.25 bits per heavy atom. The fourth-order valence-electron chi connectivity index (χ4n) is 3.22. The molecule has 1 aliphatic rings. The molecule has 0 radical (unpaired) electrons. The van der Waals surface area contributed by atoms with Crippen molar-refractivity contribution in [1.29, 1.82) is 0 Å². The van der Waals surface area contributed by atoms with Crippen LogP contribution in [0.4, 0.5) is 0 Å². The number of nitrogens with zero attached hydrogens (tertiary/aromatic N) is 2. The van der Waals surface area contributed by atoms with Crippen LogP contribution in [-0.2, 0) is 11.3 Å². The summed E-state index contributed by atoms with van der Waals surface area (Å²) in [6.45, 7) is 4.69. The van der Waals surface area contributed by atoms with Gasteiger partial charge in [0.1, 0.15) is 4.70 Å². The third kappa shape index (κ3) is 3.67. The Morgan fingerprint density at radius 1 is 1.46 bits per heavy atom. The molecule has 1 N–H and O–H groups in total. The molecule has 2 heterocycles. The second kappa shape index (κ2) is 7.70. The number of aromatic nitrogens is 2. The van der Waals surface area contributed by atoms with E-state index in [0.717, 1.165) is 11.9 Å². The van der Waals surface area contributed by atoms with Crippen LogP contribution >= 0.6 is 23.1 Å². The molecule has 2 aromatic rings. The monoisotopic (exact) mass is 365 g/mol. The van der Waals surface area contributed by atoms with Gasteiger partial charge in [-0.15, -0.1) is 11.3 Å². The lowest BCUT2D eigenvalue weighted by Gasteiger charge is -2.29. The standard InChI is InChI=1S/C17H23N3O2S2/c1-3-20-16(22)15-13(8-9-23-15)19-17(20)24-10-14(21)18-12-7-5-4-6-11(12)2/h8-9,11-12H,3-7,10H2,1-2H3,(H,18,21)/t11-,12+/m1/s1. The summed E-state index contributed by atoms with van der Waals surface area (Å²) in [5, 5.41) is 5.66. The van der Waals surface area contributed by atoms with Crippen LogP contribution in [0.1, 0.15) is 39.5 Å². The second-order valence-electron chi connectivity index (χ2n) is 6.30. The van der Waals surface area contributed by atoms with Crippen molar-refractivity contribution in [2.75, 3.05) is 5.75 Å². The molecular weight excluding hydrogens is 342 g/mol. The molecule has 0 spiro atoms. The molecule has 1 amide bonds. The number of thioether (sulfide) groups is 1. The lowest BCUT2D eigenvalue weighted by atomic mass is 9.86. The topological polar surface area (TPSA) is 64.0 Å². The maximum Gasteiger partial charge on any atom is 0.272 e. The van der Waals surface area contributed by atoms with E-state index in [1.54, 1.807) is 4.57 Å². The quantitative estimate of drug-likeness (QED) is 0.652. The van der Waals surface area contributed by atoms with E-state index in [4.69, 9.17) is 0 Å². The van der Waals surface area contributed by atoms with Gasteiger partial charge in [0, 0.05) is 12.6 Å². The van der Waals surface area contributed by atoms with Gasteiger partial charge in [-0.25, -0.2) is 4.98 Å². The predicted octanol–water partition coefficient (Wildman–Crippen LogP) is 3.26. The molecular formula is C17H23N3O2S2. The van der Waals surface area contributed by atoms with Gasteiger partial charge in [0.15, 0.2) is 5.16 Å². The molecule has 5 nitrogen and oxygen atoms in total. The Kier molecular flexibility index (Phi) is 5.61. The van der Waals surface area contributed by atoms with Crippen LogP contribution in [0.25, 0.3) is 10.2 Å². The summed E-state index contributed by atoms with van der Waals surface area (Å²) in [4.78, 5) is 29.3. The summed E-state index contributed by atoms with van der Waals surface area (Å²) >= 11 is 2.76. The molecule has 7 heteroatoms. The molecule has 1 saturated carbocycles. The predicted molar refractivity (Wildman–Crippen MR) is 99.8 cm³/mol. The summed E-state index contributed by atoms with van der Waals surface area (Å²) in [6.07, 6.45) is 4.70. The summed E-state index contributed by atoms with van der Waals surface area (Å²) in [6, 6.07) is 2.14. The number of carbonyl (C=O) groups excluding carboxylic acids is 1. The van der Waals surface area contributed by atoms with Gasteiger partial charge >= 0.3 is 0 Å². The Balaban J connectivity index is 1.68. The smallest absolute Gasteiger partial charge is 0.272 e. The lowest BCUT2D eigenvalue weighted by Crippen LogP contribution is -2.41.